The molecule has 2 aromatic carbocycles. The SMILES string of the molecule is CC(=O)c1cc(Br)c(N(C)C(C)=O)cc1OCc1ccccc1. The first-order valence-electron chi connectivity index (χ1n) is 7.15. The second kappa shape index (κ2) is 7.42. The van der Waals surface area contributed by atoms with Crippen LogP contribution in [0.15, 0.2) is 46.9 Å². The lowest BCUT2D eigenvalue weighted by Crippen LogP contribution is -2.23. The Balaban J connectivity index is 2.36. The minimum atomic E-state index is -0.102. The van der Waals surface area contributed by atoms with Crippen LogP contribution in [0.2, 0.25) is 0 Å². The maximum Gasteiger partial charge on any atom is 0.223 e. The third-order valence-electron chi connectivity index (χ3n) is 3.50. The Morgan fingerprint density at radius 2 is 1.78 bits per heavy atom. The van der Waals surface area contributed by atoms with Crippen molar-refractivity contribution in [1.82, 2.24) is 0 Å². The number of benzene rings is 2. The van der Waals surface area contributed by atoms with E-state index in [1.165, 1.54) is 18.7 Å². The van der Waals surface area contributed by atoms with E-state index in [0.717, 1.165) is 5.56 Å². The molecule has 0 saturated carbocycles. The standard InChI is InChI=1S/C18H18BrNO3/c1-12(21)15-9-16(19)17(20(3)13(2)22)10-18(15)23-11-14-7-5-4-6-8-14/h4-10H,11H2,1-3H3. The summed E-state index contributed by atoms with van der Waals surface area (Å²) in [5.41, 5.74) is 2.14. The molecule has 0 aliphatic carbocycles. The fourth-order valence-electron chi connectivity index (χ4n) is 2.10. The number of nitrogens with zero attached hydrogens (tertiary/aromatic N) is 1. The zero-order chi connectivity index (χ0) is 17.0. The molecule has 0 bridgehead atoms. The van der Waals surface area contributed by atoms with E-state index < -0.39 is 0 Å². The minimum Gasteiger partial charge on any atom is -0.488 e. The van der Waals surface area contributed by atoms with Crippen LogP contribution in [0.5, 0.6) is 5.75 Å². The Morgan fingerprint density at radius 1 is 1.13 bits per heavy atom. The van der Waals surface area contributed by atoms with Crippen LogP contribution in [0, 0.1) is 0 Å². The first kappa shape index (κ1) is 17.2. The highest BCUT2D eigenvalue weighted by Crippen LogP contribution is 2.34. The summed E-state index contributed by atoms with van der Waals surface area (Å²) in [7, 11) is 1.68. The Hall–Kier alpha value is -2.14. The minimum absolute atomic E-state index is 0.0919. The van der Waals surface area contributed by atoms with Crippen molar-refractivity contribution in [3.8, 4) is 5.75 Å². The molecule has 0 radical (unpaired) electrons. The molecular weight excluding hydrogens is 358 g/mol. The summed E-state index contributed by atoms with van der Waals surface area (Å²) in [6.07, 6.45) is 0. The van der Waals surface area contributed by atoms with E-state index in [1.807, 2.05) is 30.3 Å². The van der Waals surface area contributed by atoms with Crippen molar-refractivity contribution in [2.45, 2.75) is 20.5 Å². The molecule has 2 aromatic rings. The van der Waals surface area contributed by atoms with Gasteiger partial charge in [-0.05, 0) is 34.5 Å². The van der Waals surface area contributed by atoms with Gasteiger partial charge in [0.25, 0.3) is 0 Å². The molecule has 0 saturated heterocycles. The van der Waals surface area contributed by atoms with Crippen molar-refractivity contribution in [2.75, 3.05) is 11.9 Å². The summed E-state index contributed by atoms with van der Waals surface area (Å²) < 4.78 is 6.50. The van der Waals surface area contributed by atoms with E-state index in [-0.39, 0.29) is 11.7 Å². The van der Waals surface area contributed by atoms with Crippen molar-refractivity contribution in [1.29, 1.82) is 0 Å². The van der Waals surface area contributed by atoms with Crippen LogP contribution in [0.3, 0.4) is 0 Å². The van der Waals surface area contributed by atoms with Gasteiger partial charge in [-0.15, -0.1) is 0 Å². The summed E-state index contributed by atoms with van der Waals surface area (Å²) in [5, 5.41) is 0. The Labute approximate surface area is 144 Å². The average Bonchev–Trinajstić information content (AvgIpc) is 2.53. The van der Waals surface area contributed by atoms with Crippen LogP contribution >= 0.6 is 15.9 Å². The molecule has 0 aliphatic heterocycles. The number of carbonyl (C=O) groups excluding carboxylic acids is 2. The lowest BCUT2D eigenvalue weighted by atomic mass is 10.1. The second-order valence-corrected chi connectivity index (χ2v) is 6.06. The van der Waals surface area contributed by atoms with Gasteiger partial charge in [0, 0.05) is 24.5 Å². The van der Waals surface area contributed by atoms with Crippen LogP contribution < -0.4 is 9.64 Å². The summed E-state index contributed by atoms with van der Waals surface area (Å²) in [4.78, 5) is 25.0. The normalized spacial score (nSPS) is 10.3. The van der Waals surface area contributed by atoms with Gasteiger partial charge in [-0.3, -0.25) is 9.59 Å². The Kier molecular flexibility index (Phi) is 5.55. The highest BCUT2D eigenvalue weighted by atomic mass is 79.9. The first-order valence-corrected chi connectivity index (χ1v) is 7.95. The molecule has 0 spiro atoms. The fraction of sp³-hybridized carbons (Fsp3) is 0.222. The number of hydrogen-bond donors (Lipinski definition) is 0. The predicted molar refractivity (Wildman–Crippen MR) is 94.0 cm³/mol. The van der Waals surface area contributed by atoms with Crippen molar-refractivity contribution in [3.63, 3.8) is 0 Å². The summed E-state index contributed by atoms with van der Waals surface area (Å²) in [6, 6.07) is 13.1. The number of rotatable bonds is 5. The smallest absolute Gasteiger partial charge is 0.223 e. The van der Waals surface area contributed by atoms with Crippen molar-refractivity contribution >= 4 is 33.3 Å². The number of ketones is 1. The van der Waals surface area contributed by atoms with Crippen LogP contribution in [0.4, 0.5) is 5.69 Å². The van der Waals surface area contributed by atoms with E-state index in [9.17, 15) is 9.59 Å². The average molecular weight is 376 g/mol. The molecule has 2 rings (SSSR count). The topological polar surface area (TPSA) is 46.6 Å². The molecule has 4 nitrogen and oxygen atoms in total. The van der Waals surface area contributed by atoms with Gasteiger partial charge < -0.3 is 9.64 Å². The molecule has 0 aliphatic rings. The molecule has 0 fully saturated rings. The number of halogens is 1. The molecule has 1 amide bonds. The van der Waals surface area contributed by atoms with E-state index in [0.29, 0.717) is 28.1 Å². The van der Waals surface area contributed by atoms with Gasteiger partial charge in [-0.25, -0.2) is 0 Å². The molecule has 0 heterocycles. The monoisotopic (exact) mass is 375 g/mol. The maximum absolute atomic E-state index is 11.9. The first-order chi connectivity index (χ1) is 10.9. The quantitative estimate of drug-likeness (QED) is 0.735. The van der Waals surface area contributed by atoms with Crippen molar-refractivity contribution in [2.24, 2.45) is 0 Å². The molecule has 23 heavy (non-hydrogen) atoms. The second-order valence-electron chi connectivity index (χ2n) is 5.21. The lowest BCUT2D eigenvalue weighted by Gasteiger charge is -2.20. The predicted octanol–water partition coefficient (Wildman–Crippen LogP) is 4.21. The number of hydrogen-bond acceptors (Lipinski definition) is 3. The van der Waals surface area contributed by atoms with E-state index in [4.69, 9.17) is 4.74 Å². The lowest BCUT2D eigenvalue weighted by molar-refractivity contribution is -0.116. The van der Waals surface area contributed by atoms with Crippen LogP contribution in [0.1, 0.15) is 29.8 Å². The van der Waals surface area contributed by atoms with Gasteiger partial charge in [-0.2, -0.15) is 0 Å². The van der Waals surface area contributed by atoms with Gasteiger partial charge in [0.1, 0.15) is 12.4 Å². The maximum atomic E-state index is 11.9. The number of anilines is 1. The van der Waals surface area contributed by atoms with E-state index in [2.05, 4.69) is 15.9 Å². The zero-order valence-electron chi connectivity index (χ0n) is 13.3. The highest BCUT2D eigenvalue weighted by molar-refractivity contribution is 9.10. The van der Waals surface area contributed by atoms with E-state index >= 15 is 0 Å². The van der Waals surface area contributed by atoms with Crippen LogP contribution in [0.25, 0.3) is 0 Å². The van der Waals surface area contributed by atoms with E-state index in [1.54, 1.807) is 19.2 Å². The number of Topliss-reactive ketones (excluding diaryl/α,β-unsaturated/α-hetero) is 1. The molecule has 0 N–H and O–H groups in total. The number of carbonyl (C=O) groups is 2. The summed E-state index contributed by atoms with van der Waals surface area (Å²) >= 11 is 3.41. The van der Waals surface area contributed by atoms with Gasteiger partial charge in [-0.1, -0.05) is 30.3 Å². The fourth-order valence-corrected chi connectivity index (χ4v) is 2.71. The molecule has 120 valence electrons. The Bertz CT molecular complexity index is 729. The molecule has 0 aromatic heterocycles. The zero-order valence-corrected chi connectivity index (χ0v) is 14.9. The van der Waals surface area contributed by atoms with Gasteiger partial charge in [0.05, 0.1) is 11.3 Å². The van der Waals surface area contributed by atoms with Crippen molar-refractivity contribution < 1.29 is 14.3 Å². The molecule has 0 atom stereocenters. The third-order valence-corrected chi connectivity index (χ3v) is 4.13. The number of ether oxygens (including phenoxy) is 1. The van der Waals surface area contributed by atoms with Crippen LogP contribution in [-0.4, -0.2) is 18.7 Å². The molecule has 0 unspecified atom stereocenters. The largest absolute Gasteiger partial charge is 0.488 e. The van der Waals surface area contributed by atoms with Crippen molar-refractivity contribution in [3.05, 3.63) is 58.1 Å². The molecular formula is C18H18BrNO3. The highest BCUT2D eigenvalue weighted by Gasteiger charge is 2.17. The summed E-state index contributed by atoms with van der Waals surface area (Å²) in [5.74, 6) is 0.272. The summed E-state index contributed by atoms with van der Waals surface area (Å²) in [6.45, 7) is 3.33. The Morgan fingerprint density at radius 3 is 2.35 bits per heavy atom. The van der Waals surface area contributed by atoms with Gasteiger partial charge >= 0.3 is 0 Å². The van der Waals surface area contributed by atoms with Crippen LogP contribution in [-0.2, 0) is 11.4 Å². The molecule has 5 heteroatoms. The third kappa shape index (κ3) is 4.20. The number of amides is 1. The van der Waals surface area contributed by atoms with Gasteiger partial charge in [0.15, 0.2) is 5.78 Å². The van der Waals surface area contributed by atoms with Gasteiger partial charge in [0.2, 0.25) is 5.91 Å².